The van der Waals surface area contributed by atoms with Crippen molar-refractivity contribution < 1.29 is 9.21 Å². The van der Waals surface area contributed by atoms with Crippen molar-refractivity contribution in [3.05, 3.63) is 30.0 Å². The topological polar surface area (TPSA) is 91.2 Å². The van der Waals surface area contributed by atoms with Gasteiger partial charge in [-0.05, 0) is 30.4 Å². The van der Waals surface area contributed by atoms with E-state index in [0.29, 0.717) is 31.9 Å². The molecule has 0 radical (unpaired) electrons. The van der Waals surface area contributed by atoms with E-state index in [9.17, 15) is 4.79 Å². The van der Waals surface area contributed by atoms with Gasteiger partial charge >= 0.3 is 0 Å². The van der Waals surface area contributed by atoms with E-state index >= 15 is 0 Å². The molecule has 1 aliphatic heterocycles. The highest BCUT2D eigenvalue weighted by atomic mass is 16.3. The number of nitrogens with one attached hydrogen (secondary N) is 1. The molecule has 2 fully saturated rings. The smallest absolute Gasteiger partial charge is 0.237 e. The average molecular weight is 316 g/mol. The molecule has 2 aromatic rings. The van der Waals surface area contributed by atoms with Crippen molar-refractivity contribution in [2.75, 3.05) is 26.2 Å². The van der Waals surface area contributed by atoms with Crippen LogP contribution in [-0.2, 0) is 17.8 Å². The highest BCUT2D eigenvalue weighted by Gasteiger charge is 2.45. The van der Waals surface area contributed by atoms with E-state index in [-0.39, 0.29) is 5.91 Å². The number of carbonyl (C=O) groups excluding carboxylic acids is 1. The SMILES string of the molecule is O=C(CN1CC2CC2C1)N(CCc1nn[nH]n1)Cc1ccco1. The molecule has 0 aromatic carbocycles. The van der Waals surface area contributed by atoms with E-state index < -0.39 is 0 Å². The minimum atomic E-state index is 0.131. The predicted octanol–water partition coefficient (Wildman–Crippen LogP) is 0.316. The average Bonchev–Trinajstić information content (AvgIpc) is 3.05. The lowest BCUT2D eigenvalue weighted by Crippen LogP contribution is -2.40. The maximum atomic E-state index is 12.7. The number of carbonyl (C=O) groups is 1. The minimum Gasteiger partial charge on any atom is -0.467 e. The van der Waals surface area contributed by atoms with Crippen LogP contribution in [0.4, 0.5) is 0 Å². The van der Waals surface area contributed by atoms with Gasteiger partial charge < -0.3 is 9.32 Å². The number of furan rings is 1. The minimum absolute atomic E-state index is 0.131. The molecule has 2 aliphatic rings. The monoisotopic (exact) mass is 316 g/mol. The summed E-state index contributed by atoms with van der Waals surface area (Å²) < 4.78 is 5.39. The van der Waals surface area contributed by atoms with Crippen molar-refractivity contribution >= 4 is 5.91 Å². The molecule has 1 saturated heterocycles. The molecule has 3 heterocycles. The second-order valence-electron chi connectivity index (χ2n) is 6.42. The van der Waals surface area contributed by atoms with Crippen molar-refractivity contribution in [1.29, 1.82) is 0 Å². The number of nitrogens with zero attached hydrogens (tertiary/aromatic N) is 5. The first-order valence-corrected chi connectivity index (χ1v) is 8.03. The van der Waals surface area contributed by atoms with Crippen LogP contribution in [0, 0.1) is 11.8 Å². The van der Waals surface area contributed by atoms with Crippen LogP contribution in [0.5, 0.6) is 0 Å². The summed E-state index contributed by atoms with van der Waals surface area (Å²) >= 11 is 0. The van der Waals surface area contributed by atoms with Gasteiger partial charge in [0, 0.05) is 26.1 Å². The Morgan fingerprint density at radius 3 is 3.00 bits per heavy atom. The maximum absolute atomic E-state index is 12.7. The molecule has 2 aromatic heterocycles. The van der Waals surface area contributed by atoms with Gasteiger partial charge in [0.05, 0.1) is 19.4 Å². The molecule has 122 valence electrons. The quantitative estimate of drug-likeness (QED) is 0.791. The highest BCUT2D eigenvalue weighted by Crippen LogP contribution is 2.44. The Balaban J connectivity index is 1.37. The Labute approximate surface area is 133 Å². The van der Waals surface area contributed by atoms with Gasteiger partial charge in [-0.25, -0.2) is 0 Å². The van der Waals surface area contributed by atoms with Crippen LogP contribution in [-0.4, -0.2) is 62.5 Å². The molecule has 1 saturated carbocycles. The van der Waals surface area contributed by atoms with Crippen molar-refractivity contribution in [3.63, 3.8) is 0 Å². The fraction of sp³-hybridized carbons (Fsp3) is 0.600. The number of rotatable bonds is 7. The van der Waals surface area contributed by atoms with Gasteiger partial charge in [0.1, 0.15) is 5.76 Å². The Morgan fingerprint density at radius 2 is 2.30 bits per heavy atom. The number of tetrazole rings is 1. The third kappa shape index (κ3) is 3.42. The van der Waals surface area contributed by atoms with Gasteiger partial charge in [0.15, 0.2) is 5.82 Å². The molecular weight excluding hydrogens is 296 g/mol. The lowest BCUT2D eigenvalue weighted by atomic mass is 10.3. The van der Waals surface area contributed by atoms with Crippen molar-refractivity contribution in [1.82, 2.24) is 30.4 Å². The van der Waals surface area contributed by atoms with Gasteiger partial charge in [-0.3, -0.25) is 9.69 Å². The number of fused-ring (bicyclic) bond motifs is 1. The number of amides is 1. The van der Waals surface area contributed by atoms with E-state index in [1.807, 2.05) is 17.0 Å². The first-order chi connectivity index (χ1) is 11.3. The van der Waals surface area contributed by atoms with E-state index in [2.05, 4.69) is 25.5 Å². The van der Waals surface area contributed by atoms with Gasteiger partial charge in [-0.1, -0.05) is 5.21 Å². The first-order valence-electron chi connectivity index (χ1n) is 8.03. The second-order valence-corrected chi connectivity index (χ2v) is 6.42. The van der Waals surface area contributed by atoms with Crippen LogP contribution >= 0.6 is 0 Å². The van der Waals surface area contributed by atoms with Gasteiger partial charge in [0.25, 0.3) is 0 Å². The summed E-state index contributed by atoms with van der Waals surface area (Å²) in [7, 11) is 0. The lowest BCUT2D eigenvalue weighted by Gasteiger charge is -2.25. The summed E-state index contributed by atoms with van der Waals surface area (Å²) in [5.74, 6) is 3.20. The molecule has 4 rings (SSSR count). The summed E-state index contributed by atoms with van der Waals surface area (Å²) in [6, 6.07) is 3.73. The molecule has 2 unspecified atom stereocenters. The summed E-state index contributed by atoms with van der Waals surface area (Å²) in [5, 5.41) is 13.9. The van der Waals surface area contributed by atoms with Crippen LogP contribution in [0.3, 0.4) is 0 Å². The first kappa shape index (κ1) is 14.4. The summed E-state index contributed by atoms with van der Waals surface area (Å²) in [4.78, 5) is 16.8. The fourth-order valence-corrected chi connectivity index (χ4v) is 3.32. The number of piperidine rings is 1. The molecule has 1 aliphatic carbocycles. The van der Waals surface area contributed by atoms with Gasteiger partial charge in [0.2, 0.25) is 5.91 Å². The Morgan fingerprint density at radius 1 is 1.43 bits per heavy atom. The fourth-order valence-electron chi connectivity index (χ4n) is 3.32. The van der Waals surface area contributed by atoms with Crippen LogP contribution in [0.25, 0.3) is 0 Å². The predicted molar refractivity (Wildman–Crippen MR) is 80.0 cm³/mol. The van der Waals surface area contributed by atoms with Crippen molar-refractivity contribution in [2.24, 2.45) is 11.8 Å². The number of aromatic nitrogens is 4. The van der Waals surface area contributed by atoms with Crippen molar-refractivity contribution in [2.45, 2.75) is 19.4 Å². The second kappa shape index (κ2) is 6.11. The van der Waals surface area contributed by atoms with Crippen LogP contribution in [0.1, 0.15) is 18.0 Å². The largest absolute Gasteiger partial charge is 0.467 e. The molecule has 0 bridgehead atoms. The zero-order valence-corrected chi connectivity index (χ0v) is 12.9. The van der Waals surface area contributed by atoms with E-state index in [4.69, 9.17) is 4.42 Å². The Kier molecular flexibility index (Phi) is 3.82. The van der Waals surface area contributed by atoms with E-state index in [1.165, 1.54) is 6.42 Å². The molecule has 1 N–H and O–H groups in total. The number of likely N-dealkylation sites (tertiary alicyclic amines) is 1. The normalized spacial score (nSPS) is 23.0. The molecule has 8 heteroatoms. The van der Waals surface area contributed by atoms with Gasteiger partial charge in [-0.15, -0.1) is 10.2 Å². The zero-order chi connectivity index (χ0) is 15.6. The number of aromatic amines is 1. The summed E-state index contributed by atoms with van der Waals surface area (Å²) in [5.41, 5.74) is 0. The molecule has 23 heavy (non-hydrogen) atoms. The highest BCUT2D eigenvalue weighted by molar-refractivity contribution is 5.78. The molecule has 1 amide bonds. The number of hydrogen-bond donors (Lipinski definition) is 1. The van der Waals surface area contributed by atoms with E-state index in [0.717, 1.165) is 30.7 Å². The van der Waals surface area contributed by atoms with Gasteiger partial charge in [-0.2, -0.15) is 5.21 Å². The molecular formula is C15H20N6O2. The third-order valence-corrected chi connectivity index (χ3v) is 4.69. The molecule has 0 spiro atoms. The zero-order valence-electron chi connectivity index (χ0n) is 12.9. The van der Waals surface area contributed by atoms with Crippen LogP contribution in [0.2, 0.25) is 0 Å². The molecule has 8 nitrogen and oxygen atoms in total. The summed E-state index contributed by atoms with van der Waals surface area (Å²) in [6.07, 6.45) is 3.55. The Bertz CT molecular complexity index is 631. The lowest BCUT2D eigenvalue weighted by molar-refractivity contribution is -0.133. The standard InChI is InChI=1S/C15H20N6O2/c22-15(10-20-7-11-6-12(11)8-20)21(9-13-2-1-5-23-13)4-3-14-16-18-19-17-14/h1-2,5,11-12H,3-4,6-10H2,(H,16,17,18,19). The van der Waals surface area contributed by atoms with E-state index in [1.54, 1.807) is 6.26 Å². The number of H-pyrrole nitrogens is 1. The summed E-state index contributed by atoms with van der Waals surface area (Å²) in [6.45, 7) is 3.65. The third-order valence-electron chi connectivity index (χ3n) is 4.69. The maximum Gasteiger partial charge on any atom is 0.237 e. The molecule has 2 atom stereocenters. The van der Waals surface area contributed by atoms with Crippen LogP contribution in [0.15, 0.2) is 22.8 Å². The van der Waals surface area contributed by atoms with Crippen molar-refractivity contribution in [3.8, 4) is 0 Å². The Hall–Kier alpha value is -2.22. The number of hydrogen-bond acceptors (Lipinski definition) is 6. The van der Waals surface area contributed by atoms with Crippen LogP contribution < -0.4 is 0 Å².